The number of ether oxygens (including phenoxy) is 5. The fourth-order valence-corrected chi connectivity index (χ4v) is 6.08. The van der Waals surface area contributed by atoms with Crippen molar-refractivity contribution in [2.24, 2.45) is 22.1 Å². The van der Waals surface area contributed by atoms with Crippen molar-refractivity contribution < 1.29 is 125 Å². The normalized spacial score (nSPS) is 29.6. The number of aliphatic hydroxyl groups excluding tert-OH is 3. The Morgan fingerprint density at radius 3 is 1.55 bits per heavy atom. The van der Waals surface area contributed by atoms with Gasteiger partial charge < -0.3 is 58.8 Å². The van der Waals surface area contributed by atoms with Crippen LogP contribution in [-0.4, -0.2) is 149 Å². The van der Waals surface area contributed by atoms with E-state index in [-0.39, 0.29) is 50.8 Å². The van der Waals surface area contributed by atoms with E-state index in [1.807, 2.05) is 0 Å². The number of Topliss-reactive ketones (excluding diaryl/α,β-unsaturated/α-hetero) is 2. The molecule has 22 nitrogen and oxygen atoms in total. The quantitative estimate of drug-likeness (QED) is 0.0270. The number of ketones is 2. The molecule has 0 saturated carbocycles. The molecule has 340 valence electrons. The van der Waals surface area contributed by atoms with Crippen LogP contribution in [-0.2, 0) is 52.5 Å². The van der Waals surface area contributed by atoms with E-state index in [4.69, 9.17) is 40.6 Å². The second kappa shape index (κ2) is 28.8. The summed E-state index contributed by atoms with van der Waals surface area (Å²) in [6.07, 6.45) is -17.1. The van der Waals surface area contributed by atoms with Crippen LogP contribution in [0.2, 0.25) is 0 Å². The molecular formula is C33H53F4N6NaO16. The Hall–Kier alpha value is -3.68. The van der Waals surface area contributed by atoms with Gasteiger partial charge in [-0.1, -0.05) is 32.0 Å². The second-order valence-corrected chi connectivity index (χ2v) is 12.5. The van der Waals surface area contributed by atoms with E-state index in [1.165, 1.54) is 0 Å². The van der Waals surface area contributed by atoms with Gasteiger partial charge in [0.05, 0.1) is 31.9 Å². The van der Waals surface area contributed by atoms with Gasteiger partial charge in [0, 0.05) is 48.3 Å². The number of carboxylic acids is 1. The van der Waals surface area contributed by atoms with E-state index in [0.29, 0.717) is 0 Å². The van der Waals surface area contributed by atoms with Crippen LogP contribution in [0.4, 0.5) is 17.6 Å². The fraction of sp³-hybridized carbons (Fsp3) is 0.818. The third kappa shape index (κ3) is 16.0. The molecule has 2 rings (SSSR count). The number of hydrogen-bond acceptors (Lipinski definition) is 17. The molecule has 4 unspecified atom stereocenters. The number of azide groups is 2. The molecule has 0 aromatic heterocycles. The third-order valence-corrected chi connectivity index (χ3v) is 8.45. The Kier molecular flexibility index (Phi) is 30.2. The van der Waals surface area contributed by atoms with Crippen molar-refractivity contribution in [2.75, 3.05) is 20.8 Å². The van der Waals surface area contributed by atoms with Crippen LogP contribution >= 0.6 is 0 Å². The molecule has 0 aliphatic carbocycles. The number of aliphatic hydroxyl groups is 3. The number of carboxylic acid groups (broad SMARTS) is 1. The summed E-state index contributed by atoms with van der Waals surface area (Å²) in [5.41, 5.74) is 17.4. The van der Waals surface area contributed by atoms with Crippen LogP contribution in [0.15, 0.2) is 10.2 Å². The van der Waals surface area contributed by atoms with Gasteiger partial charge in [-0.05, 0) is 31.3 Å². The average Bonchev–Trinajstić information content (AvgIpc) is 3.15. The molecule has 27 heteroatoms. The number of carbonyl (C=O) groups excluding carboxylic acids is 5. The number of halogens is 4. The second-order valence-electron chi connectivity index (χ2n) is 12.5. The Labute approximate surface area is 364 Å². The number of rotatable bonds is 16. The van der Waals surface area contributed by atoms with Crippen molar-refractivity contribution in [1.82, 2.24) is 0 Å². The predicted molar refractivity (Wildman–Crippen MR) is 190 cm³/mol. The Bertz CT molecular complexity index is 1530. The van der Waals surface area contributed by atoms with E-state index in [0.717, 1.165) is 41.9 Å². The molecule has 2 fully saturated rings. The van der Waals surface area contributed by atoms with Crippen LogP contribution in [0.25, 0.3) is 20.9 Å². The van der Waals surface area contributed by atoms with Crippen LogP contribution in [0.3, 0.4) is 0 Å². The summed E-state index contributed by atoms with van der Waals surface area (Å²) in [4.78, 5) is 74.3. The molecule has 2 aliphatic heterocycles. The molecule has 0 amide bonds. The molecule has 2 saturated heterocycles. The first-order valence-electron chi connectivity index (χ1n) is 16.6. The van der Waals surface area contributed by atoms with Crippen molar-refractivity contribution in [3.63, 3.8) is 0 Å². The molecule has 0 radical (unpaired) electrons. The SMILES string of the molecule is C.C.CC(=O)C[C@H]1C([C@H](O)[C@H](O)CO)O[C@@](F)(C(=O)O)C(F)[C@H]1N=[N+]=[N-].CC[C@@H](OC(C)=O)[C@@H](OC(C)=O)C1O[C@@](F)(C(=O)OC)C(F)[C@@H](N=[N+]=[N-])[C@H]1CC(C)=O.C[O-].[Na+]. The van der Waals surface area contributed by atoms with Gasteiger partial charge in [-0.15, -0.1) is 0 Å². The van der Waals surface area contributed by atoms with E-state index in [2.05, 4.69) is 29.5 Å². The van der Waals surface area contributed by atoms with E-state index in [1.54, 1.807) is 6.92 Å². The summed E-state index contributed by atoms with van der Waals surface area (Å²) >= 11 is 0. The zero-order valence-corrected chi connectivity index (χ0v) is 34.6. The van der Waals surface area contributed by atoms with Gasteiger partial charge in [0.15, 0.2) is 18.4 Å². The number of alkyl halides is 4. The molecule has 0 aromatic rings. The molecule has 4 N–H and O–H groups in total. The van der Waals surface area contributed by atoms with Crippen molar-refractivity contribution >= 4 is 35.4 Å². The van der Waals surface area contributed by atoms with Crippen LogP contribution in [0.1, 0.15) is 68.7 Å². The number of nitrogens with zero attached hydrogens (tertiary/aromatic N) is 6. The van der Waals surface area contributed by atoms with Crippen LogP contribution in [0.5, 0.6) is 0 Å². The number of esters is 3. The smallest absolute Gasteiger partial charge is 0.857 e. The zero-order valence-electron chi connectivity index (χ0n) is 32.6. The monoisotopic (exact) mass is 888 g/mol. The van der Waals surface area contributed by atoms with Gasteiger partial charge in [0.25, 0.3) is 0 Å². The van der Waals surface area contributed by atoms with E-state index < -0.39 is 139 Å². The number of aliphatic carboxylic acids is 1. The van der Waals surface area contributed by atoms with Crippen molar-refractivity contribution in [3.05, 3.63) is 20.9 Å². The van der Waals surface area contributed by atoms with Crippen LogP contribution < -0.4 is 34.7 Å². The summed E-state index contributed by atoms with van der Waals surface area (Å²) in [5, 5.41) is 51.7. The summed E-state index contributed by atoms with van der Waals surface area (Å²) in [5.74, 6) is -17.4. The molecule has 0 spiro atoms. The van der Waals surface area contributed by atoms with Gasteiger partial charge in [0.2, 0.25) is 0 Å². The van der Waals surface area contributed by atoms with Gasteiger partial charge in [-0.3, -0.25) is 9.59 Å². The molecule has 2 heterocycles. The number of hydrogen-bond donors (Lipinski definition) is 4. The standard InChI is InChI=1S/C18H25F2N3O8.C12H17F2N3O7.CH3O.2CH4.Na/c1-6-12(29-9(3)25)15(30-10(4)26)14-11(7-8(2)24)13(22-23-21)16(19)18(20,31-14)17(27)28-5;1-4(19)2-5-7(16-17-15)10(13)12(14,11(22)23)24-9(5)8(21)6(20)3-18;1-2;;;/h11-16H,6-7H2,1-5H3;5-10,18,20-21H,2-3H2,1H3,(H,22,23);1H3;2*1H4;/q;;-1;;;+1/t11-,12-,13+,14?,15-,16?,18-;5-,6-,7+,8-,9?,10?,12-;;;;/m11..../s1. The first-order valence-corrected chi connectivity index (χ1v) is 16.6. The maximum absolute atomic E-state index is 15.4. The zero-order chi connectivity index (χ0) is 44.6. The average molecular weight is 889 g/mol. The first kappa shape index (κ1) is 63.0. The van der Waals surface area contributed by atoms with Crippen molar-refractivity contribution in [1.29, 1.82) is 0 Å². The van der Waals surface area contributed by atoms with Crippen molar-refractivity contribution in [3.8, 4) is 0 Å². The molecule has 14 atom stereocenters. The van der Waals surface area contributed by atoms with Crippen molar-refractivity contribution in [2.45, 2.75) is 141 Å². The maximum Gasteiger partial charge on any atom is 1.00 e. The minimum Gasteiger partial charge on any atom is -0.857 e. The largest absolute Gasteiger partial charge is 1.00 e. The Morgan fingerprint density at radius 2 is 1.22 bits per heavy atom. The van der Waals surface area contributed by atoms with Crippen LogP contribution in [0, 0.1) is 11.8 Å². The van der Waals surface area contributed by atoms with E-state index >= 15 is 8.78 Å². The fourth-order valence-electron chi connectivity index (χ4n) is 6.08. The van der Waals surface area contributed by atoms with Gasteiger partial charge in [-0.25, -0.2) is 18.4 Å². The molecule has 2 aliphatic rings. The minimum absolute atomic E-state index is 0. The van der Waals surface area contributed by atoms with E-state index in [9.17, 15) is 47.8 Å². The summed E-state index contributed by atoms with van der Waals surface area (Å²) in [6, 6.07) is -3.89. The summed E-state index contributed by atoms with van der Waals surface area (Å²) < 4.78 is 83.5. The molecule has 0 bridgehead atoms. The van der Waals surface area contributed by atoms with Gasteiger partial charge >= 0.3 is 65.1 Å². The first-order chi connectivity index (χ1) is 26.5. The molecule has 60 heavy (non-hydrogen) atoms. The third-order valence-electron chi connectivity index (χ3n) is 8.45. The Morgan fingerprint density at radius 1 is 0.817 bits per heavy atom. The summed E-state index contributed by atoms with van der Waals surface area (Å²) in [7, 11) is 1.54. The Balaban J connectivity index is -0.000000491. The molecule has 0 aromatic carbocycles. The minimum atomic E-state index is -3.97. The van der Waals surface area contributed by atoms with Gasteiger partial charge in [-0.2, -0.15) is 15.9 Å². The van der Waals surface area contributed by atoms with Gasteiger partial charge in [0.1, 0.15) is 36.0 Å². The summed E-state index contributed by atoms with van der Waals surface area (Å²) in [6.45, 7) is 4.89. The predicted octanol–water partition coefficient (Wildman–Crippen LogP) is -1.18. The number of methoxy groups -OCH3 is 1. The topological polar surface area (TPSA) is 350 Å². The molecular weight excluding hydrogens is 835 g/mol. The number of carbonyl (C=O) groups is 6. The maximum atomic E-state index is 15.4.